The maximum absolute atomic E-state index is 10.7. The molecule has 0 unspecified atom stereocenters. The van der Waals surface area contributed by atoms with Crippen molar-refractivity contribution in [1.82, 2.24) is 0 Å². The quantitative estimate of drug-likeness (QED) is 0.613. The van der Waals surface area contributed by atoms with E-state index in [1.165, 1.54) is 20.3 Å². The van der Waals surface area contributed by atoms with Gasteiger partial charge in [0.1, 0.15) is 5.56 Å². The SMILES string of the molecule is COc1cccc(C(=O)O)c1OC.[H-].[Na+]. The van der Waals surface area contributed by atoms with Crippen LogP contribution in [0, 0.1) is 0 Å². The molecule has 0 heterocycles. The van der Waals surface area contributed by atoms with E-state index in [9.17, 15) is 4.79 Å². The van der Waals surface area contributed by atoms with Crippen molar-refractivity contribution in [2.45, 2.75) is 0 Å². The second kappa shape index (κ2) is 5.90. The first-order valence-corrected chi connectivity index (χ1v) is 3.65. The van der Waals surface area contributed by atoms with Crippen molar-refractivity contribution >= 4 is 5.97 Å². The van der Waals surface area contributed by atoms with E-state index < -0.39 is 5.97 Å². The summed E-state index contributed by atoms with van der Waals surface area (Å²) in [5, 5.41) is 8.78. The fraction of sp³-hybridized carbons (Fsp3) is 0.222. The minimum Gasteiger partial charge on any atom is -1.00 e. The number of hydrogen-bond acceptors (Lipinski definition) is 3. The fourth-order valence-corrected chi connectivity index (χ4v) is 1.06. The molecule has 0 saturated heterocycles. The number of aromatic carboxylic acids is 1. The molecule has 1 aromatic carbocycles. The summed E-state index contributed by atoms with van der Waals surface area (Å²) in [6.45, 7) is 0. The molecule has 0 fully saturated rings. The molecule has 0 bridgehead atoms. The first-order chi connectivity index (χ1) is 6.20. The number of carbonyl (C=O) groups is 1. The van der Waals surface area contributed by atoms with Crippen LogP contribution in [0.25, 0.3) is 0 Å². The normalized spacial score (nSPS) is 8.71. The van der Waals surface area contributed by atoms with Crippen LogP contribution in [0.15, 0.2) is 18.2 Å². The van der Waals surface area contributed by atoms with Crippen LogP contribution in [0.5, 0.6) is 11.5 Å². The van der Waals surface area contributed by atoms with E-state index in [-0.39, 0.29) is 42.3 Å². The third-order valence-electron chi connectivity index (χ3n) is 1.63. The van der Waals surface area contributed by atoms with Crippen molar-refractivity contribution < 1.29 is 50.4 Å². The molecule has 0 aliphatic heterocycles. The molecule has 14 heavy (non-hydrogen) atoms. The molecule has 1 rings (SSSR count). The fourth-order valence-electron chi connectivity index (χ4n) is 1.06. The maximum Gasteiger partial charge on any atom is 1.00 e. The van der Waals surface area contributed by atoms with Gasteiger partial charge in [-0.2, -0.15) is 0 Å². The Labute approximate surface area is 106 Å². The van der Waals surface area contributed by atoms with Crippen LogP contribution < -0.4 is 39.0 Å². The van der Waals surface area contributed by atoms with E-state index in [1.807, 2.05) is 0 Å². The minimum atomic E-state index is -1.03. The first-order valence-electron chi connectivity index (χ1n) is 3.65. The van der Waals surface area contributed by atoms with Gasteiger partial charge in [-0.1, -0.05) is 6.07 Å². The van der Waals surface area contributed by atoms with Gasteiger partial charge in [-0.05, 0) is 12.1 Å². The van der Waals surface area contributed by atoms with E-state index in [1.54, 1.807) is 12.1 Å². The maximum atomic E-state index is 10.7. The zero-order valence-corrected chi connectivity index (χ0v) is 10.4. The van der Waals surface area contributed by atoms with Gasteiger partial charge >= 0.3 is 35.5 Å². The molecule has 0 aromatic heterocycles. The zero-order chi connectivity index (χ0) is 9.84. The predicted molar refractivity (Wildman–Crippen MR) is 47.6 cm³/mol. The van der Waals surface area contributed by atoms with E-state index in [4.69, 9.17) is 14.6 Å². The van der Waals surface area contributed by atoms with Crippen LogP contribution in [0.1, 0.15) is 11.8 Å². The van der Waals surface area contributed by atoms with Gasteiger partial charge < -0.3 is 16.0 Å². The topological polar surface area (TPSA) is 55.8 Å². The van der Waals surface area contributed by atoms with Crippen LogP contribution >= 0.6 is 0 Å². The summed E-state index contributed by atoms with van der Waals surface area (Å²) in [4.78, 5) is 10.7. The molecule has 0 atom stereocenters. The number of benzene rings is 1. The van der Waals surface area contributed by atoms with Crippen molar-refractivity contribution in [3.8, 4) is 11.5 Å². The number of ether oxygens (including phenoxy) is 2. The summed E-state index contributed by atoms with van der Waals surface area (Å²) >= 11 is 0. The van der Waals surface area contributed by atoms with Crippen molar-refractivity contribution in [2.24, 2.45) is 0 Å². The Morgan fingerprint density at radius 2 is 2.00 bits per heavy atom. The Balaban J connectivity index is 0. The molecular weight excluding hydrogens is 195 g/mol. The third-order valence-corrected chi connectivity index (χ3v) is 1.63. The van der Waals surface area contributed by atoms with Gasteiger partial charge in [0.2, 0.25) is 0 Å². The first kappa shape index (κ1) is 13.3. The minimum absolute atomic E-state index is 0. The molecular formula is C9H11NaO4. The summed E-state index contributed by atoms with van der Waals surface area (Å²) in [7, 11) is 2.87. The average molecular weight is 206 g/mol. The number of para-hydroxylation sites is 1. The zero-order valence-electron chi connectivity index (χ0n) is 9.40. The Morgan fingerprint density at radius 1 is 1.36 bits per heavy atom. The van der Waals surface area contributed by atoms with Crippen molar-refractivity contribution in [3.05, 3.63) is 23.8 Å². The molecule has 4 nitrogen and oxygen atoms in total. The smallest absolute Gasteiger partial charge is 1.00 e. The van der Waals surface area contributed by atoms with Crippen molar-refractivity contribution in [2.75, 3.05) is 14.2 Å². The van der Waals surface area contributed by atoms with Crippen LogP contribution in [-0.4, -0.2) is 25.3 Å². The van der Waals surface area contributed by atoms with E-state index in [2.05, 4.69) is 0 Å². The van der Waals surface area contributed by atoms with E-state index in [0.717, 1.165) is 0 Å². The largest absolute Gasteiger partial charge is 1.00 e. The number of carboxylic acids is 1. The second-order valence-corrected chi connectivity index (χ2v) is 2.35. The summed E-state index contributed by atoms with van der Waals surface area (Å²) in [5.41, 5.74) is 0.0989. The standard InChI is InChI=1S/C9H10O4.Na.H/c1-12-7-5-3-4-6(9(10)11)8(7)13-2;;/h3-5H,1-2H3,(H,10,11);;/q;+1;-1. The summed E-state index contributed by atoms with van der Waals surface area (Å²) in [5.74, 6) is -0.365. The average Bonchev–Trinajstić information content (AvgIpc) is 2.16. The second-order valence-electron chi connectivity index (χ2n) is 2.35. The van der Waals surface area contributed by atoms with E-state index in [0.29, 0.717) is 5.75 Å². The molecule has 0 aliphatic rings. The van der Waals surface area contributed by atoms with Gasteiger partial charge in [0.25, 0.3) is 0 Å². The number of hydrogen-bond donors (Lipinski definition) is 1. The van der Waals surface area contributed by atoms with Gasteiger partial charge in [0.05, 0.1) is 14.2 Å². The van der Waals surface area contributed by atoms with Crippen LogP contribution in [0.3, 0.4) is 0 Å². The molecule has 0 amide bonds. The van der Waals surface area contributed by atoms with Gasteiger partial charge in [-0.3, -0.25) is 0 Å². The molecule has 0 saturated carbocycles. The number of rotatable bonds is 3. The summed E-state index contributed by atoms with van der Waals surface area (Å²) < 4.78 is 9.86. The third kappa shape index (κ3) is 2.64. The molecule has 72 valence electrons. The van der Waals surface area contributed by atoms with Gasteiger partial charge in [-0.15, -0.1) is 0 Å². The number of methoxy groups -OCH3 is 2. The van der Waals surface area contributed by atoms with Crippen molar-refractivity contribution in [1.29, 1.82) is 0 Å². The van der Waals surface area contributed by atoms with Crippen LogP contribution in [-0.2, 0) is 0 Å². The summed E-state index contributed by atoms with van der Waals surface area (Å²) in [6.07, 6.45) is 0. The monoisotopic (exact) mass is 206 g/mol. The Kier molecular flexibility index (Phi) is 5.60. The van der Waals surface area contributed by atoms with Gasteiger partial charge in [0.15, 0.2) is 11.5 Å². The Morgan fingerprint density at radius 3 is 2.43 bits per heavy atom. The molecule has 1 N–H and O–H groups in total. The molecule has 0 aliphatic carbocycles. The number of carboxylic acid groups (broad SMARTS) is 1. The molecule has 0 spiro atoms. The molecule has 1 aromatic rings. The van der Waals surface area contributed by atoms with Gasteiger partial charge in [0, 0.05) is 0 Å². The molecule has 5 heteroatoms. The Hall–Kier alpha value is -0.710. The predicted octanol–water partition coefficient (Wildman–Crippen LogP) is -1.48. The van der Waals surface area contributed by atoms with Crippen LogP contribution in [0.2, 0.25) is 0 Å². The van der Waals surface area contributed by atoms with Gasteiger partial charge in [-0.25, -0.2) is 4.79 Å². The van der Waals surface area contributed by atoms with Crippen LogP contribution in [0.4, 0.5) is 0 Å². The molecule has 0 radical (unpaired) electrons. The van der Waals surface area contributed by atoms with Crippen molar-refractivity contribution in [3.63, 3.8) is 0 Å². The van der Waals surface area contributed by atoms with E-state index >= 15 is 0 Å². The summed E-state index contributed by atoms with van der Waals surface area (Å²) in [6, 6.07) is 4.71. The Bertz CT molecular complexity index is 330.